The topological polar surface area (TPSA) is 69.8 Å². The molecule has 0 saturated carbocycles. The Morgan fingerprint density at radius 3 is 2.69 bits per heavy atom. The Morgan fingerprint density at radius 1 is 1.38 bits per heavy atom. The van der Waals surface area contributed by atoms with E-state index in [1.54, 1.807) is 6.92 Å². The van der Waals surface area contributed by atoms with Gasteiger partial charge in [-0.3, -0.25) is 4.79 Å². The molecule has 3 N–H and O–H groups in total. The summed E-state index contributed by atoms with van der Waals surface area (Å²) in [6.07, 6.45) is 1.65. The number of hydrogen-bond acceptors (Lipinski definition) is 4. The van der Waals surface area contributed by atoms with Crippen LogP contribution in [0.25, 0.3) is 0 Å². The van der Waals surface area contributed by atoms with Crippen LogP contribution < -0.4 is 5.73 Å². The summed E-state index contributed by atoms with van der Waals surface area (Å²) < 4.78 is 0. The number of nitrogens with zero attached hydrogens (tertiary/aromatic N) is 2. The van der Waals surface area contributed by atoms with Crippen LogP contribution in [0.15, 0.2) is 0 Å². The van der Waals surface area contributed by atoms with Crippen molar-refractivity contribution in [1.29, 1.82) is 0 Å². The van der Waals surface area contributed by atoms with Crippen molar-refractivity contribution in [2.24, 2.45) is 5.73 Å². The fraction of sp³-hybridized carbons (Fsp3) is 0.909. The maximum atomic E-state index is 10.9. The van der Waals surface area contributed by atoms with Gasteiger partial charge in [0.25, 0.3) is 0 Å². The molecular formula is C11H23N3O2. The Labute approximate surface area is 97.2 Å². The van der Waals surface area contributed by atoms with Crippen molar-refractivity contribution in [2.45, 2.75) is 25.3 Å². The number of nitrogens with two attached hydrogens (primary N) is 1. The van der Waals surface area contributed by atoms with E-state index < -0.39 is 11.5 Å². The van der Waals surface area contributed by atoms with Gasteiger partial charge in [-0.05, 0) is 39.9 Å². The second-order valence-electron chi connectivity index (χ2n) is 4.97. The highest BCUT2D eigenvalue weighted by Gasteiger charge is 2.28. The van der Waals surface area contributed by atoms with E-state index in [9.17, 15) is 4.79 Å². The summed E-state index contributed by atoms with van der Waals surface area (Å²) >= 11 is 0. The minimum atomic E-state index is -1.10. The Hall–Kier alpha value is -0.650. The Kier molecular flexibility index (Phi) is 4.70. The molecule has 0 bridgehead atoms. The van der Waals surface area contributed by atoms with Crippen molar-refractivity contribution in [2.75, 3.05) is 39.8 Å². The molecule has 1 aliphatic rings. The minimum absolute atomic E-state index is 0.506. The Morgan fingerprint density at radius 2 is 2.06 bits per heavy atom. The van der Waals surface area contributed by atoms with Gasteiger partial charge in [-0.2, -0.15) is 0 Å². The van der Waals surface area contributed by atoms with E-state index in [1.165, 1.54) is 0 Å². The highest BCUT2D eigenvalue weighted by atomic mass is 16.4. The van der Waals surface area contributed by atoms with Crippen molar-refractivity contribution in [1.82, 2.24) is 9.80 Å². The first kappa shape index (κ1) is 13.4. The van der Waals surface area contributed by atoms with Gasteiger partial charge in [-0.25, -0.2) is 0 Å². The van der Waals surface area contributed by atoms with E-state index in [0.717, 1.165) is 39.1 Å². The molecule has 5 heteroatoms. The van der Waals surface area contributed by atoms with Crippen molar-refractivity contribution in [3.8, 4) is 0 Å². The fourth-order valence-corrected chi connectivity index (χ4v) is 1.82. The highest BCUT2D eigenvalue weighted by molar-refractivity contribution is 5.77. The highest BCUT2D eigenvalue weighted by Crippen LogP contribution is 2.09. The van der Waals surface area contributed by atoms with Gasteiger partial charge in [-0.1, -0.05) is 0 Å². The van der Waals surface area contributed by atoms with E-state index >= 15 is 0 Å². The second kappa shape index (κ2) is 5.61. The van der Waals surface area contributed by atoms with E-state index in [-0.39, 0.29) is 0 Å². The molecule has 0 aromatic heterocycles. The molecule has 0 radical (unpaired) electrons. The largest absolute Gasteiger partial charge is 0.480 e. The van der Waals surface area contributed by atoms with Crippen LogP contribution in [0.1, 0.15) is 19.8 Å². The monoisotopic (exact) mass is 229 g/mol. The van der Waals surface area contributed by atoms with E-state index in [0.29, 0.717) is 6.42 Å². The first-order chi connectivity index (χ1) is 7.42. The van der Waals surface area contributed by atoms with Gasteiger partial charge in [0.15, 0.2) is 0 Å². The molecule has 1 atom stereocenters. The average molecular weight is 229 g/mol. The van der Waals surface area contributed by atoms with Crippen molar-refractivity contribution in [3.63, 3.8) is 0 Å². The lowest BCUT2D eigenvalue weighted by Gasteiger charge is -2.25. The van der Waals surface area contributed by atoms with Gasteiger partial charge in [0.05, 0.1) is 0 Å². The quantitative estimate of drug-likeness (QED) is 0.699. The van der Waals surface area contributed by atoms with Gasteiger partial charge in [0.2, 0.25) is 0 Å². The summed E-state index contributed by atoms with van der Waals surface area (Å²) in [5.41, 5.74) is 4.61. The van der Waals surface area contributed by atoms with Gasteiger partial charge < -0.3 is 20.6 Å². The third-order valence-corrected chi connectivity index (χ3v) is 3.25. The standard InChI is InChI=1S/C11H23N3O2/c1-11(12,10(15)16)4-7-14-6-3-5-13(2)8-9-14/h3-9,12H2,1-2H3,(H,15,16). The molecule has 1 heterocycles. The zero-order valence-corrected chi connectivity index (χ0v) is 10.3. The molecule has 1 aliphatic heterocycles. The maximum absolute atomic E-state index is 10.9. The summed E-state index contributed by atoms with van der Waals surface area (Å²) in [7, 11) is 2.12. The SMILES string of the molecule is CN1CCCN(CCC(C)(N)C(=O)O)CC1. The van der Waals surface area contributed by atoms with Crippen LogP contribution in [-0.4, -0.2) is 66.2 Å². The minimum Gasteiger partial charge on any atom is -0.480 e. The van der Waals surface area contributed by atoms with Crippen molar-refractivity contribution in [3.05, 3.63) is 0 Å². The first-order valence-corrected chi connectivity index (χ1v) is 5.85. The molecule has 0 spiro atoms. The zero-order chi connectivity index (χ0) is 12.2. The van der Waals surface area contributed by atoms with Crippen molar-refractivity contribution < 1.29 is 9.90 Å². The number of likely N-dealkylation sites (N-methyl/N-ethyl adjacent to an activating group) is 1. The predicted octanol–water partition coefficient (Wildman–Crippen LogP) is -0.184. The van der Waals surface area contributed by atoms with Crippen LogP contribution >= 0.6 is 0 Å². The Balaban J connectivity index is 2.34. The Bertz CT molecular complexity index is 243. The first-order valence-electron chi connectivity index (χ1n) is 5.85. The summed E-state index contributed by atoms with van der Waals surface area (Å²) in [6, 6.07) is 0. The molecule has 0 aromatic rings. The number of carbonyl (C=O) groups is 1. The van der Waals surface area contributed by atoms with Crippen LogP contribution in [0.3, 0.4) is 0 Å². The molecule has 5 nitrogen and oxygen atoms in total. The molecule has 94 valence electrons. The molecule has 0 amide bonds. The third kappa shape index (κ3) is 4.08. The smallest absolute Gasteiger partial charge is 0.323 e. The molecule has 16 heavy (non-hydrogen) atoms. The maximum Gasteiger partial charge on any atom is 0.323 e. The van der Waals surface area contributed by atoms with Gasteiger partial charge in [0.1, 0.15) is 5.54 Å². The fourth-order valence-electron chi connectivity index (χ4n) is 1.82. The van der Waals surface area contributed by atoms with Gasteiger partial charge in [0, 0.05) is 19.6 Å². The number of aliphatic carboxylic acids is 1. The lowest BCUT2D eigenvalue weighted by molar-refractivity contribution is -0.143. The normalized spacial score (nSPS) is 23.7. The number of carboxylic acids is 1. The summed E-state index contributed by atoms with van der Waals surface area (Å²) in [5, 5.41) is 8.92. The van der Waals surface area contributed by atoms with Crippen molar-refractivity contribution >= 4 is 5.97 Å². The van der Waals surface area contributed by atoms with Crippen LogP contribution in [0, 0.1) is 0 Å². The zero-order valence-electron chi connectivity index (χ0n) is 10.3. The van der Waals surface area contributed by atoms with Crippen LogP contribution in [0.2, 0.25) is 0 Å². The molecule has 0 aliphatic carbocycles. The molecule has 1 fully saturated rings. The number of hydrogen-bond donors (Lipinski definition) is 2. The number of carboxylic acid groups (broad SMARTS) is 1. The van der Waals surface area contributed by atoms with Gasteiger partial charge >= 0.3 is 5.97 Å². The summed E-state index contributed by atoms with van der Waals surface area (Å²) in [4.78, 5) is 15.5. The van der Waals surface area contributed by atoms with Gasteiger partial charge in [-0.15, -0.1) is 0 Å². The molecule has 1 rings (SSSR count). The third-order valence-electron chi connectivity index (χ3n) is 3.25. The molecule has 1 saturated heterocycles. The van der Waals surface area contributed by atoms with Crippen LogP contribution in [-0.2, 0) is 4.79 Å². The van der Waals surface area contributed by atoms with Crippen LogP contribution in [0.5, 0.6) is 0 Å². The second-order valence-corrected chi connectivity index (χ2v) is 4.97. The summed E-state index contributed by atoms with van der Waals surface area (Å²) in [6.45, 7) is 6.57. The average Bonchev–Trinajstić information content (AvgIpc) is 2.40. The summed E-state index contributed by atoms with van der Waals surface area (Å²) in [5.74, 6) is -0.917. The van der Waals surface area contributed by atoms with E-state index in [2.05, 4.69) is 16.8 Å². The molecule has 1 unspecified atom stereocenters. The molecule has 0 aromatic carbocycles. The van der Waals surface area contributed by atoms with E-state index in [1.807, 2.05) is 0 Å². The van der Waals surface area contributed by atoms with E-state index in [4.69, 9.17) is 10.8 Å². The van der Waals surface area contributed by atoms with Crippen LogP contribution in [0.4, 0.5) is 0 Å². The lowest BCUT2D eigenvalue weighted by Crippen LogP contribution is -2.47. The lowest BCUT2D eigenvalue weighted by atomic mass is 9.99. The predicted molar refractivity (Wildman–Crippen MR) is 63.4 cm³/mol. The molecular weight excluding hydrogens is 206 g/mol. The number of rotatable bonds is 4.